The van der Waals surface area contributed by atoms with Gasteiger partial charge in [-0.05, 0) is 20.3 Å². The number of ketones is 1. The van der Waals surface area contributed by atoms with Crippen molar-refractivity contribution in [1.29, 1.82) is 5.26 Å². The summed E-state index contributed by atoms with van der Waals surface area (Å²) in [7, 11) is 0. The second-order valence-electron chi connectivity index (χ2n) is 5.47. The van der Waals surface area contributed by atoms with Crippen molar-refractivity contribution in [3.8, 4) is 6.07 Å². The number of carbonyl (C=O) groups is 3. The average molecular weight is 323 g/mol. The second-order valence-corrected chi connectivity index (χ2v) is 6.97. The van der Waals surface area contributed by atoms with E-state index in [1.54, 1.807) is 22.7 Å². The van der Waals surface area contributed by atoms with Crippen molar-refractivity contribution in [3.05, 3.63) is 11.3 Å². The maximum atomic E-state index is 12.1. The van der Waals surface area contributed by atoms with Crippen molar-refractivity contribution >= 4 is 29.4 Å². The lowest BCUT2D eigenvalue weighted by Crippen LogP contribution is -2.47. The Morgan fingerprint density at radius 2 is 2.27 bits per heavy atom. The van der Waals surface area contributed by atoms with Crippen LogP contribution in [-0.4, -0.2) is 45.8 Å². The van der Waals surface area contributed by atoms with Crippen molar-refractivity contribution < 1.29 is 19.1 Å². The summed E-state index contributed by atoms with van der Waals surface area (Å²) >= 11 is 1.54. The van der Waals surface area contributed by atoms with Gasteiger partial charge in [0.25, 0.3) is 0 Å². The molecule has 2 saturated heterocycles. The smallest absolute Gasteiger partial charge is 0.330 e. The number of allylic oxidation sites excluding steroid dienone is 1. The topological polar surface area (TPSA) is 113 Å². The number of Topliss-reactive ketones (excluding diaryl/α,β-unsaturated/α-hetero) is 1. The Kier molecular flexibility index (Phi) is 4.47. The number of esters is 1. The first-order valence-corrected chi connectivity index (χ1v) is 7.81. The third-order valence-electron chi connectivity index (χ3n) is 3.85. The van der Waals surface area contributed by atoms with Gasteiger partial charge in [0.15, 0.2) is 6.61 Å². The zero-order valence-corrected chi connectivity index (χ0v) is 13.2. The number of amides is 1. The van der Waals surface area contributed by atoms with Gasteiger partial charge < -0.3 is 15.4 Å². The van der Waals surface area contributed by atoms with Crippen LogP contribution in [0.3, 0.4) is 0 Å². The first kappa shape index (κ1) is 16.4. The summed E-state index contributed by atoms with van der Waals surface area (Å²) in [6, 6.07) is 1.02. The summed E-state index contributed by atoms with van der Waals surface area (Å²) in [5.74, 6) is -0.883. The third-order valence-corrected chi connectivity index (χ3v) is 5.35. The number of ether oxygens (including phenoxy) is 1. The summed E-state index contributed by atoms with van der Waals surface area (Å²) in [5.41, 5.74) is 5.29. The Morgan fingerprint density at radius 1 is 1.59 bits per heavy atom. The molecule has 2 N–H and O–H groups in total. The van der Waals surface area contributed by atoms with E-state index < -0.39 is 24.4 Å². The van der Waals surface area contributed by atoms with Gasteiger partial charge in [-0.2, -0.15) is 5.26 Å². The first-order chi connectivity index (χ1) is 10.3. The fourth-order valence-electron chi connectivity index (χ4n) is 2.67. The molecule has 2 aliphatic rings. The van der Waals surface area contributed by atoms with E-state index in [0.29, 0.717) is 18.6 Å². The molecule has 1 amide bonds. The van der Waals surface area contributed by atoms with E-state index in [-0.39, 0.29) is 22.0 Å². The Balaban J connectivity index is 2.00. The summed E-state index contributed by atoms with van der Waals surface area (Å²) in [6.45, 7) is 2.81. The van der Waals surface area contributed by atoms with Crippen LogP contribution >= 0.6 is 11.8 Å². The van der Waals surface area contributed by atoms with Crippen molar-refractivity contribution in [3.63, 3.8) is 0 Å². The van der Waals surface area contributed by atoms with E-state index in [1.807, 2.05) is 6.92 Å². The minimum Gasteiger partial charge on any atom is -0.456 e. The fraction of sp³-hybridized carbons (Fsp3) is 0.571. The molecule has 0 bridgehead atoms. The molecule has 2 heterocycles. The molecule has 2 atom stereocenters. The molecular formula is C14H17N3O4S. The van der Waals surface area contributed by atoms with Crippen LogP contribution in [0.25, 0.3) is 0 Å². The highest BCUT2D eigenvalue weighted by molar-refractivity contribution is 8.01. The predicted molar refractivity (Wildman–Crippen MR) is 79.2 cm³/mol. The van der Waals surface area contributed by atoms with Gasteiger partial charge in [0.05, 0.1) is 4.87 Å². The molecule has 8 heteroatoms. The van der Waals surface area contributed by atoms with Gasteiger partial charge in [-0.25, -0.2) is 4.79 Å². The lowest BCUT2D eigenvalue weighted by atomic mass is 10.1. The van der Waals surface area contributed by atoms with Crippen LogP contribution in [0.2, 0.25) is 0 Å². The number of thioether (sulfide) groups is 1. The number of hydrogen-bond donors (Lipinski definition) is 1. The molecule has 118 valence electrons. The van der Waals surface area contributed by atoms with E-state index in [9.17, 15) is 14.4 Å². The number of fused-ring (bicyclic) bond motifs is 1. The Bertz CT molecular complexity index is 606. The Hall–Kier alpha value is -2.01. The van der Waals surface area contributed by atoms with Gasteiger partial charge in [-0.3, -0.25) is 9.59 Å². The van der Waals surface area contributed by atoms with E-state index in [0.717, 1.165) is 0 Å². The van der Waals surface area contributed by atoms with Gasteiger partial charge in [-0.15, -0.1) is 11.8 Å². The summed E-state index contributed by atoms with van der Waals surface area (Å²) in [5, 5.41) is 8.83. The maximum Gasteiger partial charge on any atom is 0.330 e. The first-order valence-electron chi connectivity index (χ1n) is 6.82. The summed E-state index contributed by atoms with van der Waals surface area (Å²) < 4.78 is 4.99. The Morgan fingerprint density at radius 3 is 2.86 bits per heavy atom. The molecule has 0 radical (unpaired) electrons. The second kappa shape index (κ2) is 6.01. The number of nitrogens with zero attached hydrogens (tertiary/aromatic N) is 2. The number of hydrogen-bond acceptors (Lipinski definition) is 7. The molecule has 0 aromatic carbocycles. The molecule has 0 aliphatic carbocycles. The fourth-order valence-corrected chi connectivity index (χ4v) is 4.09. The number of rotatable bonds is 4. The molecule has 0 spiro atoms. The normalized spacial score (nSPS) is 28.0. The molecule has 0 aromatic rings. The number of carbonyl (C=O) groups excluding carboxylic acids is 3. The minimum absolute atomic E-state index is 0.0730. The monoisotopic (exact) mass is 323 g/mol. The van der Waals surface area contributed by atoms with Crippen LogP contribution in [0.15, 0.2) is 11.3 Å². The lowest BCUT2D eigenvalue weighted by molar-refractivity contribution is -0.155. The summed E-state index contributed by atoms with van der Waals surface area (Å²) in [4.78, 5) is 37.0. The molecule has 0 aromatic heterocycles. The van der Waals surface area contributed by atoms with Crippen LogP contribution < -0.4 is 5.73 Å². The van der Waals surface area contributed by atoms with Gasteiger partial charge in [-0.1, -0.05) is 0 Å². The maximum absolute atomic E-state index is 12.1. The van der Waals surface area contributed by atoms with Crippen LogP contribution in [0.4, 0.5) is 0 Å². The summed E-state index contributed by atoms with van der Waals surface area (Å²) in [6.07, 6.45) is 1.12. The molecule has 0 unspecified atom stereocenters. The van der Waals surface area contributed by atoms with Crippen LogP contribution in [-0.2, 0) is 19.1 Å². The molecule has 2 rings (SSSR count). The molecule has 22 heavy (non-hydrogen) atoms. The highest BCUT2D eigenvalue weighted by Crippen LogP contribution is 2.47. The minimum atomic E-state index is -0.675. The predicted octanol–water partition coefficient (Wildman–Crippen LogP) is 0.309. The highest BCUT2D eigenvalue weighted by atomic mass is 32.2. The van der Waals surface area contributed by atoms with Gasteiger partial charge in [0, 0.05) is 17.9 Å². The quantitative estimate of drug-likeness (QED) is 0.450. The molecule has 0 saturated carbocycles. The zero-order chi connectivity index (χ0) is 16.5. The largest absolute Gasteiger partial charge is 0.456 e. The van der Waals surface area contributed by atoms with E-state index in [4.69, 9.17) is 15.7 Å². The molecule has 2 fully saturated rings. The van der Waals surface area contributed by atoms with Crippen molar-refractivity contribution in [1.82, 2.24) is 4.90 Å². The Labute approximate surface area is 132 Å². The van der Waals surface area contributed by atoms with Crippen LogP contribution in [0.5, 0.6) is 0 Å². The van der Waals surface area contributed by atoms with Gasteiger partial charge >= 0.3 is 5.97 Å². The van der Waals surface area contributed by atoms with E-state index in [2.05, 4.69) is 0 Å². The molecule has 7 nitrogen and oxygen atoms in total. The van der Waals surface area contributed by atoms with Crippen LogP contribution in [0.1, 0.15) is 26.7 Å². The lowest BCUT2D eigenvalue weighted by Gasteiger charge is -2.29. The standard InChI is InChI=1S/C14H17N3O4S/c1-8(16)9(5-15)11(18)6-21-13(20)10-7-22-14(2)4-3-12(19)17(10)14/h10H,3-4,6-7,16H2,1-2H3/b9-8+/t10-,14-/m0/s1. The average Bonchev–Trinajstić information content (AvgIpc) is 2.94. The number of nitrogens with two attached hydrogens (primary N) is 1. The number of nitriles is 1. The molecular weight excluding hydrogens is 306 g/mol. The third kappa shape index (κ3) is 2.81. The van der Waals surface area contributed by atoms with Crippen molar-refractivity contribution in [2.45, 2.75) is 37.6 Å². The highest BCUT2D eigenvalue weighted by Gasteiger charge is 2.53. The van der Waals surface area contributed by atoms with Gasteiger partial charge in [0.1, 0.15) is 17.7 Å². The SMILES string of the molecule is C/C(N)=C(/C#N)C(=O)COC(=O)[C@@H]1CS[C@@]2(C)CCC(=O)N12. The van der Waals surface area contributed by atoms with Crippen molar-refractivity contribution in [2.24, 2.45) is 5.73 Å². The van der Waals surface area contributed by atoms with Crippen molar-refractivity contribution in [2.75, 3.05) is 12.4 Å². The van der Waals surface area contributed by atoms with Gasteiger partial charge in [0.2, 0.25) is 11.7 Å². The van der Waals surface area contributed by atoms with E-state index in [1.165, 1.54) is 6.92 Å². The zero-order valence-electron chi connectivity index (χ0n) is 12.4. The van der Waals surface area contributed by atoms with Crippen LogP contribution in [0, 0.1) is 11.3 Å². The molecule has 2 aliphatic heterocycles. The van der Waals surface area contributed by atoms with E-state index >= 15 is 0 Å².